The normalized spacial score (nSPS) is 17.8. The molecule has 2 atom stereocenters. The lowest BCUT2D eigenvalue weighted by atomic mass is 9.91. The highest BCUT2D eigenvalue weighted by molar-refractivity contribution is 7.90. The minimum Gasteiger partial charge on any atom is -0.494 e. The summed E-state index contributed by atoms with van der Waals surface area (Å²) < 4.78 is 39.8. The summed E-state index contributed by atoms with van der Waals surface area (Å²) in [5.41, 5.74) is 9.04. The molecule has 1 saturated carbocycles. The van der Waals surface area contributed by atoms with E-state index in [4.69, 9.17) is 14.2 Å². The lowest BCUT2D eigenvalue weighted by molar-refractivity contribution is -0.144. The fourth-order valence-electron chi connectivity index (χ4n) is 5.41. The number of carbonyl (C=O) groups excluding carboxylic acids is 1. The van der Waals surface area contributed by atoms with Crippen molar-refractivity contribution in [3.63, 3.8) is 0 Å². The van der Waals surface area contributed by atoms with E-state index in [9.17, 15) is 13.2 Å². The van der Waals surface area contributed by atoms with Crippen LogP contribution in [0.4, 0.5) is 5.69 Å². The number of ether oxygens (including phenoxy) is 3. The summed E-state index contributed by atoms with van der Waals surface area (Å²) in [6.07, 6.45) is 2.57. The Balaban J connectivity index is 1.25. The molecule has 0 aromatic heterocycles. The number of hydrogen-bond donors (Lipinski definition) is 1. The molecule has 0 radical (unpaired) electrons. The fraction of sp³-hybridized carbons (Fsp3) is 0.406. The highest BCUT2D eigenvalue weighted by atomic mass is 32.2. The lowest BCUT2D eigenvalue weighted by Gasteiger charge is -2.16. The molecule has 7 nitrogen and oxygen atoms in total. The molecule has 0 saturated heterocycles. The molecule has 40 heavy (non-hydrogen) atoms. The molecule has 1 aliphatic heterocycles. The van der Waals surface area contributed by atoms with Gasteiger partial charge in [0.15, 0.2) is 0 Å². The molecule has 5 rings (SSSR count). The molecule has 0 bridgehead atoms. The van der Waals surface area contributed by atoms with Crippen LogP contribution in [0.2, 0.25) is 0 Å². The number of aryl methyl sites for hydroxylation is 1. The maximum Gasteiger partial charge on any atom is 0.309 e. The predicted octanol–water partition coefficient (Wildman–Crippen LogP) is 5.78. The molecule has 1 fully saturated rings. The molecule has 0 spiro atoms. The highest BCUT2D eigenvalue weighted by Crippen LogP contribution is 2.48. The summed E-state index contributed by atoms with van der Waals surface area (Å²) >= 11 is 0. The number of esters is 1. The van der Waals surface area contributed by atoms with E-state index in [1.165, 1.54) is 28.5 Å². The molecule has 0 amide bonds. The van der Waals surface area contributed by atoms with Crippen LogP contribution in [0.5, 0.6) is 5.75 Å². The van der Waals surface area contributed by atoms with Gasteiger partial charge in [0.1, 0.15) is 15.6 Å². The first-order valence-electron chi connectivity index (χ1n) is 13.9. The molecule has 1 heterocycles. The second kappa shape index (κ2) is 12.0. The predicted molar refractivity (Wildman–Crippen MR) is 156 cm³/mol. The number of rotatable bonds is 11. The van der Waals surface area contributed by atoms with Gasteiger partial charge in [0.2, 0.25) is 0 Å². The zero-order valence-electron chi connectivity index (χ0n) is 23.4. The number of benzene rings is 3. The van der Waals surface area contributed by atoms with Crippen molar-refractivity contribution in [3.8, 4) is 16.9 Å². The van der Waals surface area contributed by atoms with E-state index in [-0.39, 0.29) is 23.6 Å². The van der Waals surface area contributed by atoms with Crippen molar-refractivity contribution in [3.05, 3.63) is 82.4 Å². The van der Waals surface area contributed by atoms with Gasteiger partial charge in [-0.3, -0.25) is 4.79 Å². The van der Waals surface area contributed by atoms with Crippen molar-refractivity contribution in [2.45, 2.75) is 52.4 Å². The number of fused-ring (bicyclic) bond motifs is 3. The molecule has 3 aromatic carbocycles. The van der Waals surface area contributed by atoms with Gasteiger partial charge in [-0.15, -0.1) is 0 Å². The molecule has 0 unspecified atom stereocenters. The standard InChI is InChI=1S/C32H37NO6S/c1-4-38-32(34)30-17-28(30)23-8-10-26(11-9-23)33-18-22-6-7-24-19-37-20-25-16-27(39-12-5-13-40(3,35)36)14-21(2)31(25)29(24)15-22/h6-11,14-16,28,30,33H,4-5,12-13,17-20H2,1-3H3/t28-,30+/m1/s1. The van der Waals surface area contributed by atoms with E-state index >= 15 is 0 Å². The van der Waals surface area contributed by atoms with Crippen LogP contribution in [0.15, 0.2) is 54.6 Å². The smallest absolute Gasteiger partial charge is 0.309 e. The van der Waals surface area contributed by atoms with Crippen LogP contribution in [0.3, 0.4) is 0 Å². The second-order valence-electron chi connectivity index (χ2n) is 10.8. The second-order valence-corrected chi connectivity index (χ2v) is 13.0. The van der Waals surface area contributed by atoms with Crippen molar-refractivity contribution in [2.75, 3.05) is 30.5 Å². The third kappa shape index (κ3) is 6.85. The maximum absolute atomic E-state index is 12.0. The largest absolute Gasteiger partial charge is 0.494 e. The molecular weight excluding hydrogens is 526 g/mol. The summed E-state index contributed by atoms with van der Waals surface area (Å²) in [5.74, 6) is 1.02. The van der Waals surface area contributed by atoms with Crippen LogP contribution in [-0.4, -0.2) is 39.6 Å². The van der Waals surface area contributed by atoms with Gasteiger partial charge >= 0.3 is 5.97 Å². The summed E-state index contributed by atoms with van der Waals surface area (Å²) in [4.78, 5) is 12.0. The van der Waals surface area contributed by atoms with Gasteiger partial charge in [0.25, 0.3) is 0 Å². The van der Waals surface area contributed by atoms with Crippen LogP contribution in [0, 0.1) is 12.8 Å². The monoisotopic (exact) mass is 563 g/mol. The van der Waals surface area contributed by atoms with Crippen LogP contribution in [-0.2, 0) is 43.9 Å². The third-order valence-electron chi connectivity index (χ3n) is 7.49. The zero-order chi connectivity index (χ0) is 28.3. The van der Waals surface area contributed by atoms with Crippen LogP contribution in [0.25, 0.3) is 11.1 Å². The van der Waals surface area contributed by atoms with Gasteiger partial charge in [-0.2, -0.15) is 0 Å². The summed E-state index contributed by atoms with van der Waals surface area (Å²) in [5, 5.41) is 3.53. The van der Waals surface area contributed by atoms with E-state index in [1.54, 1.807) is 0 Å². The Morgan fingerprint density at radius 1 is 1.05 bits per heavy atom. The average molecular weight is 564 g/mol. The minimum absolute atomic E-state index is 0.00355. The molecule has 1 N–H and O–H groups in total. The average Bonchev–Trinajstić information content (AvgIpc) is 3.73. The Morgan fingerprint density at radius 3 is 2.58 bits per heavy atom. The van der Waals surface area contributed by atoms with E-state index in [1.807, 2.05) is 19.1 Å². The summed E-state index contributed by atoms with van der Waals surface area (Å²) in [6.45, 7) is 6.41. The molecule has 212 valence electrons. The Morgan fingerprint density at radius 2 is 1.82 bits per heavy atom. The summed E-state index contributed by atoms with van der Waals surface area (Å²) in [7, 11) is -3.00. The first-order valence-corrected chi connectivity index (χ1v) is 15.9. The number of anilines is 1. The van der Waals surface area contributed by atoms with Crippen molar-refractivity contribution in [2.24, 2.45) is 5.92 Å². The van der Waals surface area contributed by atoms with Crippen molar-refractivity contribution >= 4 is 21.5 Å². The quantitative estimate of drug-likeness (QED) is 0.233. The van der Waals surface area contributed by atoms with E-state index < -0.39 is 9.84 Å². The minimum atomic E-state index is -3.00. The Hall–Kier alpha value is -3.36. The lowest BCUT2D eigenvalue weighted by Crippen LogP contribution is -2.08. The number of hydrogen-bond acceptors (Lipinski definition) is 7. The topological polar surface area (TPSA) is 90.9 Å². The highest BCUT2D eigenvalue weighted by Gasteiger charge is 2.45. The van der Waals surface area contributed by atoms with Crippen LogP contribution >= 0.6 is 0 Å². The van der Waals surface area contributed by atoms with Crippen LogP contribution < -0.4 is 10.1 Å². The Kier molecular flexibility index (Phi) is 8.47. The Labute approximate surface area is 236 Å². The molecule has 2 aliphatic rings. The Bertz CT molecular complexity index is 1480. The molecule has 1 aliphatic carbocycles. The van der Waals surface area contributed by atoms with E-state index in [2.05, 4.69) is 54.7 Å². The van der Waals surface area contributed by atoms with Gasteiger partial charge in [-0.05, 0) is 102 Å². The van der Waals surface area contributed by atoms with Gasteiger partial charge < -0.3 is 19.5 Å². The first kappa shape index (κ1) is 28.2. The zero-order valence-corrected chi connectivity index (χ0v) is 24.2. The van der Waals surface area contributed by atoms with Crippen LogP contribution in [0.1, 0.15) is 53.5 Å². The summed E-state index contributed by atoms with van der Waals surface area (Å²) in [6, 6.07) is 18.9. The first-order chi connectivity index (χ1) is 19.2. The number of carbonyl (C=O) groups is 1. The van der Waals surface area contributed by atoms with Gasteiger partial charge in [0, 0.05) is 18.5 Å². The van der Waals surface area contributed by atoms with E-state index in [0.29, 0.717) is 39.4 Å². The SMILES string of the molecule is CCOC(=O)[C@H]1C[C@@H]1c1ccc(NCc2ccc3c(c2)-c2c(C)cc(OCCCS(C)(=O)=O)cc2COC3)cc1. The number of nitrogens with one attached hydrogen (secondary N) is 1. The van der Waals surface area contributed by atoms with Crippen molar-refractivity contribution in [1.29, 1.82) is 0 Å². The van der Waals surface area contributed by atoms with Gasteiger partial charge in [0.05, 0.1) is 38.1 Å². The van der Waals surface area contributed by atoms with Gasteiger partial charge in [-0.1, -0.05) is 24.3 Å². The molecule has 8 heteroatoms. The molecular formula is C32H37NO6S. The van der Waals surface area contributed by atoms with Crippen molar-refractivity contribution in [1.82, 2.24) is 0 Å². The van der Waals surface area contributed by atoms with Gasteiger partial charge in [-0.25, -0.2) is 8.42 Å². The van der Waals surface area contributed by atoms with Crippen molar-refractivity contribution < 1.29 is 27.4 Å². The third-order valence-corrected chi connectivity index (χ3v) is 8.52. The molecule has 3 aromatic rings. The van der Waals surface area contributed by atoms with E-state index in [0.717, 1.165) is 34.5 Å². The fourth-order valence-corrected chi connectivity index (χ4v) is 6.05. The maximum atomic E-state index is 12.0. The number of sulfone groups is 1.